The summed E-state index contributed by atoms with van der Waals surface area (Å²) in [6, 6.07) is 1.82. The number of rotatable bonds is 4. The summed E-state index contributed by atoms with van der Waals surface area (Å²) >= 11 is 3.40. The Morgan fingerprint density at radius 1 is 1.44 bits per heavy atom. The number of aromatic nitrogens is 4. The molecule has 18 heavy (non-hydrogen) atoms. The van der Waals surface area contributed by atoms with Gasteiger partial charge in [-0.1, -0.05) is 6.92 Å². The van der Waals surface area contributed by atoms with Crippen molar-refractivity contribution in [1.82, 2.24) is 19.3 Å². The molecule has 2 rings (SSSR count). The van der Waals surface area contributed by atoms with E-state index in [1.807, 2.05) is 10.7 Å². The molecule has 0 fully saturated rings. The number of nitrogens with zero attached hydrogens (tertiary/aromatic N) is 4. The van der Waals surface area contributed by atoms with Crippen LogP contribution in [-0.2, 0) is 13.1 Å². The smallest absolute Gasteiger partial charge is 0.253 e. The lowest BCUT2D eigenvalue weighted by molar-refractivity contribution is 0.549. The molecule has 0 aliphatic rings. The molecular formula is C12H15BrN4O. The number of halogens is 1. The number of pyridine rings is 1. The van der Waals surface area contributed by atoms with Gasteiger partial charge in [-0.3, -0.25) is 4.79 Å². The summed E-state index contributed by atoms with van der Waals surface area (Å²) in [4.78, 5) is 16.2. The van der Waals surface area contributed by atoms with Crippen molar-refractivity contribution < 1.29 is 0 Å². The van der Waals surface area contributed by atoms with Gasteiger partial charge in [0.1, 0.15) is 12.2 Å². The third kappa shape index (κ3) is 2.69. The van der Waals surface area contributed by atoms with Crippen LogP contribution in [0.1, 0.15) is 24.7 Å². The highest BCUT2D eigenvalue weighted by Crippen LogP contribution is 2.09. The van der Waals surface area contributed by atoms with Crippen molar-refractivity contribution in [2.24, 2.45) is 0 Å². The van der Waals surface area contributed by atoms with Crippen LogP contribution in [0.4, 0.5) is 0 Å². The SMILES string of the molecule is CCCn1ncnc1Cn1cc(Br)cc(C)c1=O. The lowest BCUT2D eigenvalue weighted by Gasteiger charge is -2.08. The van der Waals surface area contributed by atoms with Crippen LogP contribution >= 0.6 is 15.9 Å². The highest BCUT2D eigenvalue weighted by molar-refractivity contribution is 9.10. The molecule has 0 aromatic carbocycles. The van der Waals surface area contributed by atoms with E-state index >= 15 is 0 Å². The van der Waals surface area contributed by atoms with E-state index < -0.39 is 0 Å². The first-order chi connectivity index (χ1) is 8.61. The van der Waals surface area contributed by atoms with E-state index in [2.05, 4.69) is 32.9 Å². The van der Waals surface area contributed by atoms with Gasteiger partial charge in [0.25, 0.3) is 5.56 Å². The van der Waals surface area contributed by atoms with Crippen molar-refractivity contribution in [3.8, 4) is 0 Å². The maximum absolute atomic E-state index is 12.0. The van der Waals surface area contributed by atoms with Crippen LogP contribution in [0, 0.1) is 6.92 Å². The summed E-state index contributed by atoms with van der Waals surface area (Å²) in [7, 11) is 0. The zero-order chi connectivity index (χ0) is 13.1. The lowest BCUT2D eigenvalue weighted by atomic mass is 10.3. The second-order valence-corrected chi connectivity index (χ2v) is 5.09. The Kier molecular flexibility index (Phi) is 3.96. The lowest BCUT2D eigenvalue weighted by Crippen LogP contribution is -2.24. The van der Waals surface area contributed by atoms with Crippen LogP contribution < -0.4 is 5.56 Å². The van der Waals surface area contributed by atoms with Crippen molar-refractivity contribution in [2.45, 2.75) is 33.4 Å². The standard InChI is InChI=1S/C12H15BrN4O/c1-3-4-17-11(14-8-15-17)7-16-6-10(13)5-9(2)12(16)18/h5-6,8H,3-4,7H2,1-2H3. The average Bonchev–Trinajstić information content (AvgIpc) is 2.73. The van der Waals surface area contributed by atoms with Gasteiger partial charge < -0.3 is 4.57 Å². The zero-order valence-electron chi connectivity index (χ0n) is 10.4. The topological polar surface area (TPSA) is 52.7 Å². The largest absolute Gasteiger partial charge is 0.307 e. The van der Waals surface area contributed by atoms with Gasteiger partial charge in [-0.2, -0.15) is 5.10 Å². The van der Waals surface area contributed by atoms with E-state index in [0.717, 1.165) is 23.3 Å². The van der Waals surface area contributed by atoms with E-state index in [-0.39, 0.29) is 5.56 Å². The molecule has 2 aromatic rings. The van der Waals surface area contributed by atoms with Crippen LogP contribution in [0.3, 0.4) is 0 Å². The van der Waals surface area contributed by atoms with Crippen LogP contribution in [0.5, 0.6) is 0 Å². The van der Waals surface area contributed by atoms with E-state index in [0.29, 0.717) is 12.1 Å². The molecule has 96 valence electrons. The molecule has 0 saturated carbocycles. The Labute approximate surface area is 114 Å². The summed E-state index contributed by atoms with van der Waals surface area (Å²) in [5.74, 6) is 0.802. The fraction of sp³-hybridized carbons (Fsp3) is 0.417. The second-order valence-electron chi connectivity index (χ2n) is 4.17. The quantitative estimate of drug-likeness (QED) is 0.867. The van der Waals surface area contributed by atoms with Crippen LogP contribution in [0.2, 0.25) is 0 Å². The van der Waals surface area contributed by atoms with Gasteiger partial charge in [-0.25, -0.2) is 9.67 Å². The Bertz CT molecular complexity index is 602. The molecular weight excluding hydrogens is 296 g/mol. The maximum Gasteiger partial charge on any atom is 0.253 e. The fourth-order valence-corrected chi connectivity index (χ4v) is 2.41. The molecule has 5 nitrogen and oxygen atoms in total. The monoisotopic (exact) mass is 310 g/mol. The van der Waals surface area contributed by atoms with Crippen molar-refractivity contribution in [1.29, 1.82) is 0 Å². The Morgan fingerprint density at radius 3 is 2.94 bits per heavy atom. The van der Waals surface area contributed by atoms with E-state index in [4.69, 9.17) is 0 Å². The van der Waals surface area contributed by atoms with Crippen LogP contribution in [0.25, 0.3) is 0 Å². The third-order valence-corrected chi connectivity index (χ3v) is 3.11. The molecule has 0 amide bonds. The predicted octanol–water partition coefficient (Wildman–Crippen LogP) is 1.97. The summed E-state index contributed by atoms with van der Waals surface area (Å²) in [5, 5.41) is 4.16. The molecule has 0 aliphatic heterocycles. The fourth-order valence-electron chi connectivity index (χ4n) is 1.82. The highest BCUT2D eigenvalue weighted by atomic mass is 79.9. The number of hydrogen-bond acceptors (Lipinski definition) is 3. The average molecular weight is 311 g/mol. The Morgan fingerprint density at radius 2 is 2.22 bits per heavy atom. The number of aryl methyl sites for hydroxylation is 2. The second kappa shape index (κ2) is 5.48. The Balaban J connectivity index is 2.34. The minimum Gasteiger partial charge on any atom is -0.307 e. The van der Waals surface area contributed by atoms with E-state index in [1.54, 1.807) is 17.7 Å². The molecule has 0 atom stereocenters. The molecule has 6 heteroatoms. The summed E-state index contributed by atoms with van der Waals surface area (Å²) in [6.45, 7) is 5.15. The first kappa shape index (κ1) is 13.0. The van der Waals surface area contributed by atoms with Crippen molar-refractivity contribution in [3.63, 3.8) is 0 Å². The summed E-state index contributed by atoms with van der Waals surface area (Å²) in [5.41, 5.74) is 0.718. The molecule has 0 radical (unpaired) electrons. The van der Waals surface area contributed by atoms with Gasteiger partial charge in [-0.15, -0.1) is 0 Å². The molecule has 0 spiro atoms. The molecule has 0 aliphatic carbocycles. The first-order valence-corrected chi connectivity index (χ1v) is 6.64. The first-order valence-electron chi connectivity index (χ1n) is 5.85. The maximum atomic E-state index is 12.0. The minimum atomic E-state index is 0.00393. The number of hydrogen-bond donors (Lipinski definition) is 0. The third-order valence-electron chi connectivity index (χ3n) is 2.67. The molecule has 0 saturated heterocycles. The zero-order valence-corrected chi connectivity index (χ0v) is 12.0. The van der Waals surface area contributed by atoms with Gasteiger partial charge in [0.15, 0.2) is 0 Å². The molecule has 0 unspecified atom stereocenters. The van der Waals surface area contributed by atoms with Crippen LogP contribution in [-0.4, -0.2) is 19.3 Å². The molecule has 0 N–H and O–H groups in total. The van der Waals surface area contributed by atoms with Crippen LogP contribution in [0.15, 0.2) is 27.9 Å². The minimum absolute atomic E-state index is 0.00393. The summed E-state index contributed by atoms with van der Waals surface area (Å²) < 4.78 is 4.37. The molecule has 0 bridgehead atoms. The van der Waals surface area contributed by atoms with Gasteiger partial charge in [0.2, 0.25) is 0 Å². The highest BCUT2D eigenvalue weighted by Gasteiger charge is 2.07. The molecule has 2 aromatic heterocycles. The van der Waals surface area contributed by atoms with Gasteiger partial charge >= 0.3 is 0 Å². The van der Waals surface area contributed by atoms with Gasteiger partial charge in [-0.05, 0) is 35.3 Å². The van der Waals surface area contributed by atoms with Gasteiger partial charge in [0.05, 0.1) is 6.54 Å². The van der Waals surface area contributed by atoms with E-state index in [9.17, 15) is 4.79 Å². The van der Waals surface area contributed by atoms with Crippen molar-refractivity contribution in [2.75, 3.05) is 0 Å². The van der Waals surface area contributed by atoms with Crippen molar-refractivity contribution >= 4 is 15.9 Å². The normalized spacial score (nSPS) is 10.8. The predicted molar refractivity (Wildman–Crippen MR) is 72.6 cm³/mol. The summed E-state index contributed by atoms with van der Waals surface area (Å²) in [6.07, 6.45) is 4.30. The van der Waals surface area contributed by atoms with Gasteiger partial charge in [0, 0.05) is 22.8 Å². The Hall–Kier alpha value is -1.43. The van der Waals surface area contributed by atoms with E-state index in [1.165, 1.54) is 6.33 Å². The van der Waals surface area contributed by atoms with Crippen molar-refractivity contribution in [3.05, 3.63) is 44.8 Å². The molecule has 2 heterocycles.